The van der Waals surface area contributed by atoms with E-state index < -0.39 is 0 Å². The fourth-order valence-corrected chi connectivity index (χ4v) is 2.82. The van der Waals surface area contributed by atoms with E-state index in [0.29, 0.717) is 6.54 Å². The monoisotopic (exact) mass is 328 g/mol. The van der Waals surface area contributed by atoms with E-state index in [1.54, 1.807) is 13.3 Å². The van der Waals surface area contributed by atoms with Crippen molar-refractivity contribution in [1.82, 2.24) is 25.1 Å². The van der Waals surface area contributed by atoms with Gasteiger partial charge >= 0.3 is 0 Å². The van der Waals surface area contributed by atoms with E-state index in [9.17, 15) is 4.79 Å². The number of anilines is 1. The van der Waals surface area contributed by atoms with Crippen molar-refractivity contribution in [3.05, 3.63) is 36.5 Å². The summed E-state index contributed by atoms with van der Waals surface area (Å²) in [7, 11) is 0. The molecule has 2 aromatic heterocycles. The number of piperidine rings is 1. The number of nitrogens with one attached hydrogen (secondary N) is 1. The molecule has 1 aliphatic heterocycles. The predicted octanol–water partition coefficient (Wildman–Crippen LogP) is 1.79. The Bertz CT molecular complexity index is 646. The number of hydrogen-bond donors (Lipinski definition) is 1. The van der Waals surface area contributed by atoms with Crippen LogP contribution in [-0.4, -0.2) is 38.7 Å². The highest BCUT2D eigenvalue weighted by Crippen LogP contribution is 2.21. The Morgan fingerprint density at radius 3 is 2.79 bits per heavy atom. The second kappa shape index (κ2) is 7.42. The van der Waals surface area contributed by atoms with Crippen LogP contribution in [0, 0.1) is 5.92 Å². The molecule has 0 bridgehead atoms. The number of nitrogens with zero attached hydrogens (tertiary/aromatic N) is 5. The summed E-state index contributed by atoms with van der Waals surface area (Å²) in [6.45, 7) is 6.70. The average Bonchev–Trinajstić information content (AvgIpc) is 3.15. The Morgan fingerprint density at radius 1 is 1.38 bits per heavy atom. The first kappa shape index (κ1) is 16.4. The largest absolute Gasteiger partial charge is 0.357 e. The van der Waals surface area contributed by atoms with Crippen LogP contribution < -0.4 is 10.2 Å². The number of pyridine rings is 1. The number of rotatable bonds is 5. The highest BCUT2D eigenvalue weighted by molar-refractivity contribution is 5.79. The van der Waals surface area contributed by atoms with Crippen molar-refractivity contribution in [3.63, 3.8) is 0 Å². The summed E-state index contributed by atoms with van der Waals surface area (Å²) in [5, 5.41) is 6.90. The maximum atomic E-state index is 12.1. The van der Waals surface area contributed by atoms with Crippen LogP contribution in [0.1, 0.15) is 38.3 Å². The summed E-state index contributed by atoms with van der Waals surface area (Å²) < 4.78 is 1.54. The van der Waals surface area contributed by atoms with Crippen molar-refractivity contribution in [2.45, 2.75) is 39.3 Å². The summed E-state index contributed by atoms with van der Waals surface area (Å²) in [5.74, 6) is 1.74. The molecule has 7 heteroatoms. The molecule has 0 saturated carbocycles. The van der Waals surface area contributed by atoms with Crippen LogP contribution in [0.3, 0.4) is 0 Å². The van der Waals surface area contributed by atoms with Gasteiger partial charge in [-0.1, -0.05) is 13.0 Å². The van der Waals surface area contributed by atoms with Crippen molar-refractivity contribution in [2.75, 3.05) is 18.0 Å². The maximum Gasteiger partial charge on any atom is 0.244 e. The van der Waals surface area contributed by atoms with E-state index >= 15 is 0 Å². The van der Waals surface area contributed by atoms with Gasteiger partial charge in [0.05, 0.1) is 0 Å². The fourth-order valence-electron chi connectivity index (χ4n) is 2.82. The SMILES string of the molecule is CC1CCN(c2ccc(CNC(=O)[C@@H](C)n3cncn3)cn2)CC1. The zero-order valence-corrected chi connectivity index (χ0v) is 14.2. The Kier molecular flexibility index (Phi) is 5.08. The topological polar surface area (TPSA) is 75.9 Å². The minimum Gasteiger partial charge on any atom is -0.357 e. The first-order valence-electron chi connectivity index (χ1n) is 8.45. The van der Waals surface area contributed by atoms with E-state index in [4.69, 9.17) is 0 Å². The number of aromatic nitrogens is 4. The summed E-state index contributed by atoms with van der Waals surface area (Å²) in [6.07, 6.45) is 7.25. The second-order valence-corrected chi connectivity index (χ2v) is 6.46. The molecule has 1 N–H and O–H groups in total. The second-order valence-electron chi connectivity index (χ2n) is 6.46. The van der Waals surface area contributed by atoms with E-state index in [-0.39, 0.29) is 11.9 Å². The fraction of sp³-hybridized carbons (Fsp3) is 0.529. The molecule has 7 nitrogen and oxygen atoms in total. The Balaban J connectivity index is 1.52. The molecule has 0 radical (unpaired) electrons. The Labute approximate surface area is 142 Å². The molecule has 3 heterocycles. The lowest BCUT2D eigenvalue weighted by molar-refractivity contribution is -0.124. The minimum absolute atomic E-state index is 0.0883. The van der Waals surface area contributed by atoms with Gasteiger partial charge in [-0.3, -0.25) is 4.79 Å². The quantitative estimate of drug-likeness (QED) is 0.905. The van der Waals surface area contributed by atoms with Crippen molar-refractivity contribution in [3.8, 4) is 0 Å². The van der Waals surface area contributed by atoms with Crippen LogP contribution in [0.15, 0.2) is 31.0 Å². The zero-order valence-electron chi connectivity index (χ0n) is 14.2. The molecule has 1 atom stereocenters. The van der Waals surface area contributed by atoms with Crippen LogP contribution in [0.2, 0.25) is 0 Å². The summed E-state index contributed by atoms with van der Waals surface area (Å²) in [6, 6.07) is 3.69. The lowest BCUT2D eigenvalue weighted by atomic mass is 9.99. The van der Waals surface area contributed by atoms with Gasteiger partial charge in [0.15, 0.2) is 0 Å². The molecule has 1 amide bonds. The first-order valence-corrected chi connectivity index (χ1v) is 8.45. The van der Waals surface area contributed by atoms with Crippen LogP contribution in [-0.2, 0) is 11.3 Å². The van der Waals surface area contributed by atoms with Gasteiger partial charge in [0.1, 0.15) is 24.5 Å². The van der Waals surface area contributed by atoms with E-state index in [2.05, 4.69) is 32.2 Å². The molecule has 0 aliphatic carbocycles. The molecule has 1 fully saturated rings. The van der Waals surface area contributed by atoms with Crippen LogP contribution in [0.4, 0.5) is 5.82 Å². The van der Waals surface area contributed by atoms with Gasteiger partial charge in [-0.05, 0) is 37.3 Å². The van der Waals surface area contributed by atoms with Gasteiger partial charge in [-0.2, -0.15) is 5.10 Å². The van der Waals surface area contributed by atoms with Crippen molar-refractivity contribution in [1.29, 1.82) is 0 Å². The molecule has 0 aromatic carbocycles. The standard InChI is InChI=1S/C17H24N6O/c1-13-5-7-22(8-6-13)16-4-3-15(9-19-16)10-20-17(24)14(2)23-12-18-11-21-23/h3-4,9,11-14H,5-8,10H2,1-2H3,(H,20,24)/t14-/m1/s1. The lowest BCUT2D eigenvalue weighted by Crippen LogP contribution is -2.33. The third-order valence-corrected chi connectivity index (χ3v) is 4.60. The number of carbonyl (C=O) groups is 1. The lowest BCUT2D eigenvalue weighted by Gasteiger charge is -2.31. The van der Waals surface area contributed by atoms with Crippen molar-refractivity contribution in [2.24, 2.45) is 5.92 Å². The van der Waals surface area contributed by atoms with Gasteiger partial charge in [0.2, 0.25) is 5.91 Å². The first-order chi connectivity index (χ1) is 11.6. The highest BCUT2D eigenvalue weighted by atomic mass is 16.2. The maximum absolute atomic E-state index is 12.1. The van der Waals surface area contributed by atoms with E-state index in [0.717, 1.165) is 30.4 Å². The Hall–Kier alpha value is -2.44. The normalized spacial score (nSPS) is 16.8. The van der Waals surface area contributed by atoms with Gasteiger partial charge in [0.25, 0.3) is 0 Å². The number of hydrogen-bond acceptors (Lipinski definition) is 5. The van der Waals surface area contributed by atoms with Crippen LogP contribution in [0.25, 0.3) is 0 Å². The summed E-state index contributed by atoms with van der Waals surface area (Å²) >= 11 is 0. The van der Waals surface area contributed by atoms with E-state index in [1.807, 2.05) is 18.3 Å². The molecule has 1 aliphatic rings. The molecule has 2 aromatic rings. The summed E-state index contributed by atoms with van der Waals surface area (Å²) in [5.41, 5.74) is 0.989. The van der Waals surface area contributed by atoms with Crippen molar-refractivity contribution >= 4 is 11.7 Å². The molecular weight excluding hydrogens is 304 g/mol. The molecular formula is C17H24N6O. The zero-order chi connectivity index (χ0) is 16.9. The van der Waals surface area contributed by atoms with E-state index in [1.165, 1.54) is 23.9 Å². The summed E-state index contributed by atoms with van der Waals surface area (Å²) in [4.78, 5) is 22.9. The smallest absolute Gasteiger partial charge is 0.244 e. The van der Waals surface area contributed by atoms with Gasteiger partial charge in [0, 0.05) is 25.8 Å². The van der Waals surface area contributed by atoms with Gasteiger partial charge < -0.3 is 10.2 Å². The molecule has 24 heavy (non-hydrogen) atoms. The molecule has 3 rings (SSSR count). The minimum atomic E-state index is -0.380. The predicted molar refractivity (Wildman–Crippen MR) is 91.4 cm³/mol. The third kappa shape index (κ3) is 3.90. The number of amides is 1. The van der Waals surface area contributed by atoms with Gasteiger partial charge in [-0.25, -0.2) is 14.6 Å². The van der Waals surface area contributed by atoms with Gasteiger partial charge in [-0.15, -0.1) is 0 Å². The third-order valence-electron chi connectivity index (χ3n) is 4.60. The van der Waals surface area contributed by atoms with Crippen LogP contribution >= 0.6 is 0 Å². The average molecular weight is 328 g/mol. The van der Waals surface area contributed by atoms with Crippen LogP contribution in [0.5, 0.6) is 0 Å². The van der Waals surface area contributed by atoms with Crippen molar-refractivity contribution < 1.29 is 4.79 Å². The highest BCUT2D eigenvalue weighted by Gasteiger charge is 2.17. The molecule has 0 unspecified atom stereocenters. The number of carbonyl (C=O) groups excluding carboxylic acids is 1. The molecule has 1 saturated heterocycles. The Morgan fingerprint density at radius 2 is 2.17 bits per heavy atom. The molecule has 0 spiro atoms. The molecule has 128 valence electrons.